The van der Waals surface area contributed by atoms with E-state index >= 15 is 0 Å². The zero-order valence-corrected chi connectivity index (χ0v) is 20.8. The third-order valence-electron chi connectivity index (χ3n) is 5.14. The Kier molecular flexibility index (Phi) is 7.28. The molecule has 0 radical (unpaired) electrons. The largest absolute Gasteiger partial charge is 0.492 e. The van der Waals surface area contributed by atoms with Crippen molar-refractivity contribution in [3.63, 3.8) is 0 Å². The van der Waals surface area contributed by atoms with Crippen molar-refractivity contribution in [2.24, 2.45) is 0 Å². The van der Waals surface area contributed by atoms with Crippen LogP contribution in [-0.4, -0.2) is 37.6 Å². The van der Waals surface area contributed by atoms with Gasteiger partial charge in [-0.3, -0.25) is 14.5 Å². The predicted molar refractivity (Wildman–Crippen MR) is 135 cm³/mol. The molecule has 1 fully saturated rings. The topological polar surface area (TPSA) is 90.0 Å². The van der Waals surface area contributed by atoms with Gasteiger partial charge in [-0.2, -0.15) is 8.42 Å². The van der Waals surface area contributed by atoms with E-state index in [0.29, 0.717) is 11.3 Å². The summed E-state index contributed by atoms with van der Waals surface area (Å²) in [6.45, 7) is 4.15. The lowest BCUT2D eigenvalue weighted by Crippen LogP contribution is -2.32. The quantitative estimate of drug-likeness (QED) is 0.305. The summed E-state index contributed by atoms with van der Waals surface area (Å²) in [5, 5.41) is -0.363. The van der Waals surface area contributed by atoms with Crippen LogP contribution in [0.25, 0.3) is 6.08 Å². The molecular weight excluding hydrogens is 486 g/mol. The first-order chi connectivity index (χ1) is 16.7. The highest BCUT2D eigenvalue weighted by Gasteiger charge is 2.34. The number of thioether (sulfide) groups is 1. The van der Waals surface area contributed by atoms with Crippen molar-refractivity contribution < 1.29 is 26.9 Å². The van der Waals surface area contributed by atoms with E-state index in [1.165, 1.54) is 24.3 Å². The Balaban J connectivity index is 1.38. The van der Waals surface area contributed by atoms with Gasteiger partial charge in [0, 0.05) is 0 Å². The molecule has 0 spiro atoms. The SMILES string of the molecule is Cc1ccc(S(=O)(=O)Oc2ccc(/C=C3\SC(=O)N(CCOc4cccc(C)c4)C3=O)cc2)cc1. The molecule has 0 saturated carbocycles. The molecule has 0 unspecified atom stereocenters. The minimum atomic E-state index is -3.96. The maximum absolute atomic E-state index is 12.7. The second-order valence-electron chi connectivity index (χ2n) is 7.92. The van der Waals surface area contributed by atoms with Crippen molar-refractivity contribution in [2.75, 3.05) is 13.2 Å². The summed E-state index contributed by atoms with van der Waals surface area (Å²) in [4.78, 5) is 26.5. The third kappa shape index (κ3) is 6.12. The Morgan fingerprint density at radius 3 is 2.29 bits per heavy atom. The summed E-state index contributed by atoms with van der Waals surface area (Å²) in [6.07, 6.45) is 1.59. The second kappa shape index (κ2) is 10.4. The number of amides is 2. The highest BCUT2D eigenvalue weighted by Crippen LogP contribution is 2.32. The molecule has 0 aromatic heterocycles. The highest BCUT2D eigenvalue weighted by atomic mass is 32.2. The third-order valence-corrected chi connectivity index (χ3v) is 7.31. The number of rotatable bonds is 8. The lowest BCUT2D eigenvalue weighted by Gasteiger charge is -2.13. The van der Waals surface area contributed by atoms with Gasteiger partial charge in [-0.15, -0.1) is 0 Å². The molecule has 35 heavy (non-hydrogen) atoms. The van der Waals surface area contributed by atoms with E-state index in [2.05, 4.69) is 0 Å². The van der Waals surface area contributed by atoms with E-state index in [1.54, 1.807) is 30.3 Å². The Bertz CT molecular complexity index is 1380. The molecule has 0 atom stereocenters. The molecule has 1 aliphatic rings. The van der Waals surface area contributed by atoms with E-state index in [1.807, 2.05) is 38.1 Å². The molecule has 2 amide bonds. The number of carbonyl (C=O) groups is 2. The van der Waals surface area contributed by atoms with Gasteiger partial charge < -0.3 is 8.92 Å². The first-order valence-corrected chi connectivity index (χ1v) is 13.0. The van der Waals surface area contributed by atoms with Gasteiger partial charge in [0.1, 0.15) is 23.0 Å². The van der Waals surface area contributed by atoms with E-state index < -0.39 is 16.0 Å². The molecule has 3 aromatic carbocycles. The van der Waals surface area contributed by atoms with Gasteiger partial charge in [-0.1, -0.05) is 42.0 Å². The van der Waals surface area contributed by atoms with Gasteiger partial charge in [-0.05, 0) is 79.2 Å². The number of nitrogens with zero attached hydrogens (tertiary/aromatic N) is 1. The number of hydrogen-bond acceptors (Lipinski definition) is 7. The van der Waals surface area contributed by atoms with Crippen molar-refractivity contribution in [3.05, 3.63) is 94.4 Å². The number of aryl methyl sites for hydroxylation is 2. The van der Waals surface area contributed by atoms with Gasteiger partial charge >= 0.3 is 10.1 Å². The minimum absolute atomic E-state index is 0.0622. The number of imide groups is 1. The standard InChI is InChI=1S/C26H23NO6S2/c1-18-6-12-23(13-7-18)35(30,31)33-21-10-8-20(9-11-21)17-24-25(28)27(26(29)34-24)14-15-32-22-5-3-4-19(2)16-22/h3-13,16-17H,14-15H2,1-2H3/b24-17-. The van der Waals surface area contributed by atoms with Crippen molar-refractivity contribution in [3.8, 4) is 11.5 Å². The fourth-order valence-corrected chi connectivity index (χ4v) is 5.10. The summed E-state index contributed by atoms with van der Waals surface area (Å²) in [5.41, 5.74) is 2.63. The fraction of sp³-hybridized carbons (Fsp3) is 0.154. The van der Waals surface area contributed by atoms with E-state index in [9.17, 15) is 18.0 Å². The van der Waals surface area contributed by atoms with Crippen LogP contribution >= 0.6 is 11.8 Å². The molecule has 7 nitrogen and oxygen atoms in total. The maximum Gasteiger partial charge on any atom is 0.339 e. The molecule has 0 bridgehead atoms. The fourth-order valence-electron chi connectivity index (χ4n) is 3.30. The zero-order chi connectivity index (χ0) is 25.0. The smallest absolute Gasteiger partial charge is 0.339 e. The summed E-state index contributed by atoms with van der Waals surface area (Å²) in [5.74, 6) is 0.429. The Hall–Kier alpha value is -3.56. The van der Waals surface area contributed by atoms with E-state index in [-0.39, 0.29) is 33.9 Å². The van der Waals surface area contributed by atoms with Crippen molar-refractivity contribution >= 4 is 39.1 Å². The van der Waals surface area contributed by atoms with Gasteiger partial charge in [0.25, 0.3) is 11.1 Å². The molecule has 4 rings (SSSR count). The maximum atomic E-state index is 12.7. The Labute approximate surface area is 208 Å². The van der Waals surface area contributed by atoms with Crippen molar-refractivity contribution in [2.45, 2.75) is 18.7 Å². The minimum Gasteiger partial charge on any atom is -0.492 e. The van der Waals surface area contributed by atoms with Crippen molar-refractivity contribution in [1.29, 1.82) is 0 Å². The Morgan fingerprint density at radius 2 is 1.60 bits per heavy atom. The van der Waals surface area contributed by atoms with Gasteiger partial charge in [0.05, 0.1) is 11.4 Å². The lowest BCUT2D eigenvalue weighted by atomic mass is 10.2. The molecule has 180 valence electrons. The summed E-state index contributed by atoms with van der Waals surface area (Å²) in [7, 11) is -3.96. The number of ether oxygens (including phenoxy) is 1. The van der Waals surface area contributed by atoms with Crippen LogP contribution in [0.3, 0.4) is 0 Å². The van der Waals surface area contributed by atoms with Crippen LogP contribution in [-0.2, 0) is 14.9 Å². The van der Waals surface area contributed by atoms with E-state index in [0.717, 1.165) is 27.8 Å². The molecule has 0 N–H and O–H groups in total. The Morgan fingerprint density at radius 1 is 0.886 bits per heavy atom. The molecule has 3 aromatic rings. The monoisotopic (exact) mass is 509 g/mol. The molecule has 1 saturated heterocycles. The van der Waals surface area contributed by atoms with E-state index in [4.69, 9.17) is 8.92 Å². The van der Waals surface area contributed by atoms with Crippen molar-refractivity contribution in [1.82, 2.24) is 4.90 Å². The van der Waals surface area contributed by atoms with Crippen LogP contribution in [0, 0.1) is 13.8 Å². The van der Waals surface area contributed by atoms with Gasteiger partial charge in [-0.25, -0.2) is 0 Å². The molecule has 1 aliphatic heterocycles. The first-order valence-electron chi connectivity index (χ1n) is 10.8. The van der Waals surface area contributed by atoms with Crippen LogP contribution in [0.4, 0.5) is 4.79 Å². The van der Waals surface area contributed by atoms with Gasteiger partial charge in [0.15, 0.2) is 0 Å². The van der Waals surface area contributed by atoms with Gasteiger partial charge in [0.2, 0.25) is 0 Å². The average molecular weight is 510 g/mol. The van der Waals surface area contributed by atoms with Crippen LogP contribution in [0.15, 0.2) is 82.6 Å². The van der Waals surface area contributed by atoms with Crippen LogP contribution in [0.1, 0.15) is 16.7 Å². The van der Waals surface area contributed by atoms with Crippen LogP contribution in [0.2, 0.25) is 0 Å². The first kappa shape index (κ1) is 24.6. The highest BCUT2D eigenvalue weighted by molar-refractivity contribution is 8.18. The summed E-state index contributed by atoms with van der Waals surface area (Å²) < 4.78 is 35.8. The summed E-state index contributed by atoms with van der Waals surface area (Å²) >= 11 is 0.854. The second-order valence-corrected chi connectivity index (χ2v) is 10.5. The average Bonchev–Trinajstić information content (AvgIpc) is 3.08. The van der Waals surface area contributed by atoms with Crippen LogP contribution in [0.5, 0.6) is 11.5 Å². The number of carbonyl (C=O) groups excluding carboxylic acids is 2. The van der Waals surface area contributed by atoms with Crippen LogP contribution < -0.4 is 8.92 Å². The lowest BCUT2D eigenvalue weighted by molar-refractivity contribution is -0.123. The number of benzene rings is 3. The zero-order valence-electron chi connectivity index (χ0n) is 19.1. The summed E-state index contributed by atoms with van der Waals surface area (Å²) in [6, 6.07) is 20.1. The molecule has 1 heterocycles. The molecular formula is C26H23NO6S2. The predicted octanol–water partition coefficient (Wildman–Crippen LogP) is 5.19. The molecule has 9 heteroatoms. The number of hydrogen-bond donors (Lipinski definition) is 0. The molecule has 0 aliphatic carbocycles. The normalized spacial score (nSPS) is 15.0.